The van der Waals surface area contributed by atoms with E-state index < -0.39 is 0 Å². The first-order valence-electron chi connectivity index (χ1n) is 7.33. The minimum absolute atomic E-state index is 0.255. The Balaban J connectivity index is 1.70. The van der Waals surface area contributed by atoms with Gasteiger partial charge in [-0.3, -0.25) is 4.79 Å². The number of nitrogens with zero attached hydrogens (tertiary/aromatic N) is 2. The van der Waals surface area contributed by atoms with E-state index in [2.05, 4.69) is 36.5 Å². The molecule has 0 aliphatic rings. The summed E-state index contributed by atoms with van der Waals surface area (Å²) in [6.07, 6.45) is 3.00. The number of amides is 1. The predicted octanol–water partition coefficient (Wildman–Crippen LogP) is 4.54. The number of hydrogen-bond acceptors (Lipinski definition) is 4. The van der Waals surface area contributed by atoms with Crippen molar-refractivity contribution in [2.24, 2.45) is 0 Å². The van der Waals surface area contributed by atoms with Gasteiger partial charge in [-0.1, -0.05) is 40.2 Å². The van der Waals surface area contributed by atoms with Gasteiger partial charge in [-0.05, 0) is 36.8 Å². The lowest BCUT2D eigenvalue weighted by molar-refractivity contribution is 0.102. The SMILES string of the molecule is Cc1ccccc1Nc1cnc(C(=O)Nc2cccc(Br)c2)cn1. The van der Waals surface area contributed by atoms with Gasteiger partial charge in [-0.25, -0.2) is 9.97 Å². The van der Waals surface area contributed by atoms with Crippen LogP contribution in [0.5, 0.6) is 0 Å². The van der Waals surface area contributed by atoms with E-state index >= 15 is 0 Å². The molecule has 0 saturated carbocycles. The van der Waals surface area contributed by atoms with Crippen molar-refractivity contribution in [1.82, 2.24) is 9.97 Å². The molecule has 5 nitrogen and oxygen atoms in total. The van der Waals surface area contributed by atoms with Crippen LogP contribution >= 0.6 is 15.9 Å². The van der Waals surface area contributed by atoms with Crippen LogP contribution < -0.4 is 10.6 Å². The first kappa shape index (κ1) is 16.1. The van der Waals surface area contributed by atoms with Gasteiger partial charge in [0, 0.05) is 15.8 Å². The molecule has 120 valence electrons. The number of hydrogen-bond donors (Lipinski definition) is 2. The van der Waals surface area contributed by atoms with Crippen molar-refractivity contribution in [2.75, 3.05) is 10.6 Å². The van der Waals surface area contributed by atoms with Crippen LogP contribution in [0.2, 0.25) is 0 Å². The second kappa shape index (κ2) is 7.23. The van der Waals surface area contributed by atoms with E-state index in [-0.39, 0.29) is 11.6 Å². The monoisotopic (exact) mass is 382 g/mol. The fraction of sp³-hybridized carbons (Fsp3) is 0.0556. The summed E-state index contributed by atoms with van der Waals surface area (Å²) in [6, 6.07) is 15.3. The Morgan fingerprint density at radius 1 is 1.04 bits per heavy atom. The first-order valence-corrected chi connectivity index (χ1v) is 8.13. The van der Waals surface area contributed by atoms with Gasteiger partial charge in [0.15, 0.2) is 0 Å². The van der Waals surface area contributed by atoms with Crippen LogP contribution in [0.3, 0.4) is 0 Å². The maximum atomic E-state index is 12.2. The molecular weight excluding hydrogens is 368 g/mol. The number of carbonyl (C=O) groups is 1. The Bertz CT molecular complexity index is 865. The zero-order valence-electron chi connectivity index (χ0n) is 13.0. The van der Waals surface area contributed by atoms with Gasteiger partial charge in [0.1, 0.15) is 11.5 Å². The van der Waals surface area contributed by atoms with Crippen LogP contribution in [0.15, 0.2) is 65.4 Å². The van der Waals surface area contributed by atoms with Crippen molar-refractivity contribution < 1.29 is 4.79 Å². The minimum Gasteiger partial charge on any atom is -0.339 e. The third-order valence-corrected chi connectivity index (χ3v) is 3.87. The summed E-state index contributed by atoms with van der Waals surface area (Å²) in [7, 11) is 0. The largest absolute Gasteiger partial charge is 0.339 e. The predicted molar refractivity (Wildman–Crippen MR) is 98.6 cm³/mol. The highest BCUT2D eigenvalue weighted by atomic mass is 79.9. The van der Waals surface area contributed by atoms with Crippen LogP contribution in [0.4, 0.5) is 17.2 Å². The molecule has 6 heteroatoms. The van der Waals surface area contributed by atoms with Crippen LogP contribution in [-0.2, 0) is 0 Å². The highest BCUT2D eigenvalue weighted by Crippen LogP contribution is 2.18. The number of aromatic nitrogens is 2. The van der Waals surface area contributed by atoms with Crippen molar-refractivity contribution in [3.8, 4) is 0 Å². The summed E-state index contributed by atoms with van der Waals surface area (Å²) in [5, 5.41) is 5.97. The van der Waals surface area contributed by atoms with Gasteiger partial charge in [-0.15, -0.1) is 0 Å². The number of carbonyl (C=O) groups excluding carboxylic acids is 1. The molecule has 0 saturated heterocycles. The lowest BCUT2D eigenvalue weighted by atomic mass is 10.2. The zero-order chi connectivity index (χ0) is 16.9. The molecule has 0 aliphatic heterocycles. The lowest BCUT2D eigenvalue weighted by Gasteiger charge is -2.09. The molecule has 3 rings (SSSR count). The summed E-state index contributed by atoms with van der Waals surface area (Å²) in [5.41, 5.74) is 3.01. The third kappa shape index (κ3) is 3.97. The number of anilines is 3. The number of rotatable bonds is 4. The van der Waals surface area contributed by atoms with E-state index in [0.29, 0.717) is 11.5 Å². The number of para-hydroxylation sites is 1. The molecule has 0 bridgehead atoms. The second-order valence-electron chi connectivity index (χ2n) is 5.19. The van der Waals surface area contributed by atoms with Gasteiger partial charge in [0.05, 0.1) is 12.4 Å². The Labute approximate surface area is 148 Å². The Hall–Kier alpha value is -2.73. The van der Waals surface area contributed by atoms with Crippen molar-refractivity contribution in [2.45, 2.75) is 6.92 Å². The smallest absolute Gasteiger partial charge is 0.275 e. The first-order chi connectivity index (χ1) is 11.6. The number of nitrogens with one attached hydrogen (secondary N) is 2. The Morgan fingerprint density at radius 2 is 1.88 bits per heavy atom. The van der Waals surface area contributed by atoms with Crippen molar-refractivity contribution in [3.63, 3.8) is 0 Å². The van der Waals surface area contributed by atoms with Gasteiger partial charge in [0.25, 0.3) is 5.91 Å². The molecule has 0 aliphatic carbocycles. The average molecular weight is 383 g/mol. The molecular formula is C18H15BrN4O. The van der Waals surface area contributed by atoms with Crippen LogP contribution in [0.25, 0.3) is 0 Å². The molecule has 2 N–H and O–H groups in total. The molecule has 24 heavy (non-hydrogen) atoms. The summed E-state index contributed by atoms with van der Waals surface area (Å²) in [4.78, 5) is 20.6. The molecule has 1 heterocycles. The van der Waals surface area contributed by atoms with E-state index in [1.165, 1.54) is 6.20 Å². The van der Waals surface area contributed by atoms with Crippen LogP contribution in [-0.4, -0.2) is 15.9 Å². The average Bonchev–Trinajstić information content (AvgIpc) is 2.57. The minimum atomic E-state index is -0.303. The molecule has 0 atom stereocenters. The topological polar surface area (TPSA) is 66.9 Å². The molecule has 2 aromatic carbocycles. The number of aryl methyl sites for hydroxylation is 1. The van der Waals surface area contributed by atoms with Crippen molar-refractivity contribution >= 4 is 39.0 Å². The summed E-state index contributed by atoms with van der Waals surface area (Å²) < 4.78 is 0.893. The molecule has 1 amide bonds. The second-order valence-corrected chi connectivity index (χ2v) is 6.11. The van der Waals surface area contributed by atoms with E-state index in [0.717, 1.165) is 15.7 Å². The molecule has 3 aromatic rings. The summed E-state index contributed by atoms with van der Waals surface area (Å²) >= 11 is 3.37. The normalized spacial score (nSPS) is 10.2. The maximum Gasteiger partial charge on any atom is 0.275 e. The summed E-state index contributed by atoms with van der Waals surface area (Å²) in [6.45, 7) is 2.01. The number of benzene rings is 2. The van der Waals surface area contributed by atoms with Crippen LogP contribution in [0.1, 0.15) is 16.1 Å². The van der Waals surface area contributed by atoms with Gasteiger partial charge in [0.2, 0.25) is 0 Å². The zero-order valence-corrected chi connectivity index (χ0v) is 14.5. The molecule has 0 radical (unpaired) electrons. The quantitative estimate of drug-likeness (QED) is 0.694. The fourth-order valence-electron chi connectivity index (χ4n) is 2.12. The number of halogens is 1. The van der Waals surface area contributed by atoms with E-state index in [1.54, 1.807) is 6.20 Å². The standard InChI is InChI=1S/C18H15BrN4O/c1-12-5-2-3-8-15(12)23-17-11-20-16(10-21-17)18(24)22-14-7-4-6-13(19)9-14/h2-11H,1H3,(H,21,23)(H,22,24). The van der Waals surface area contributed by atoms with Crippen molar-refractivity contribution in [3.05, 3.63) is 76.7 Å². The molecule has 0 fully saturated rings. The molecule has 0 unspecified atom stereocenters. The highest BCUT2D eigenvalue weighted by molar-refractivity contribution is 9.10. The Kier molecular flexibility index (Phi) is 4.86. The van der Waals surface area contributed by atoms with Crippen molar-refractivity contribution in [1.29, 1.82) is 0 Å². The van der Waals surface area contributed by atoms with Gasteiger partial charge in [-0.2, -0.15) is 0 Å². The highest BCUT2D eigenvalue weighted by Gasteiger charge is 2.09. The summed E-state index contributed by atoms with van der Waals surface area (Å²) in [5.74, 6) is 0.284. The molecule has 0 spiro atoms. The van der Waals surface area contributed by atoms with Crippen LogP contribution in [0, 0.1) is 6.92 Å². The van der Waals surface area contributed by atoms with E-state index in [4.69, 9.17) is 0 Å². The van der Waals surface area contributed by atoms with E-state index in [1.807, 2.05) is 55.5 Å². The van der Waals surface area contributed by atoms with Gasteiger partial charge >= 0.3 is 0 Å². The van der Waals surface area contributed by atoms with Gasteiger partial charge < -0.3 is 10.6 Å². The fourth-order valence-corrected chi connectivity index (χ4v) is 2.52. The lowest BCUT2D eigenvalue weighted by Crippen LogP contribution is -2.14. The Morgan fingerprint density at radius 3 is 2.58 bits per heavy atom. The maximum absolute atomic E-state index is 12.2. The third-order valence-electron chi connectivity index (χ3n) is 3.37. The van der Waals surface area contributed by atoms with E-state index in [9.17, 15) is 4.79 Å². The molecule has 1 aromatic heterocycles.